The second-order valence-corrected chi connectivity index (χ2v) is 6.23. The first-order valence-corrected chi connectivity index (χ1v) is 7.65. The molecule has 2 aromatic carbocycles. The van der Waals surface area contributed by atoms with E-state index in [1.54, 1.807) is 0 Å². The van der Waals surface area contributed by atoms with E-state index in [2.05, 4.69) is 6.07 Å². The lowest BCUT2D eigenvalue weighted by atomic mass is 9.75. The second kappa shape index (κ2) is 4.88. The van der Waals surface area contributed by atoms with E-state index in [4.69, 9.17) is 16.3 Å². The summed E-state index contributed by atoms with van der Waals surface area (Å²) in [6.07, 6.45) is 1.81. The Morgan fingerprint density at radius 1 is 1.10 bits per heavy atom. The quantitative estimate of drug-likeness (QED) is 0.734. The monoisotopic (exact) mass is 298 g/mol. The fourth-order valence-electron chi connectivity index (χ4n) is 3.67. The maximum Gasteiger partial charge on any atom is 0.314 e. The predicted molar refractivity (Wildman–Crippen MR) is 81.3 cm³/mol. The molecule has 0 unspecified atom stereocenters. The highest BCUT2D eigenvalue weighted by atomic mass is 35.5. The van der Waals surface area contributed by atoms with Crippen LogP contribution in [0.5, 0.6) is 0 Å². The van der Waals surface area contributed by atoms with Gasteiger partial charge in [0.1, 0.15) is 6.10 Å². The average molecular weight is 299 g/mol. The van der Waals surface area contributed by atoms with Gasteiger partial charge in [0.15, 0.2) is 0 Å². The van der Waals surface area contributed by atoms with Gasteiger partial charge >= 0.3 is 5.97 Å². The van der Waals surface area contributed by atoms with Crippen LogP contribution >= 0.6 is 11.6 Å². The number of halogens is 1. The van der Waals surface area contributed by atoms with Gasteiger partial charge in [-0.25, -0.2) is 0 Å². The van der Waals surface area contributed by atoms with Gasteiger partial charge in [0, 0.05) is 10.9 Å². The maximum absolute atomic E-state index is 12.4. The van der Waals surface area contributed by atoms with Gasteiger partial charge in [-0.15, -0.1) is 0 Å². The minimum absolute atomic E-state index is 0.107. The van der Waals surface area contributed by atoms with Crippen LogP contribution in [0.1, 0.15) is 35.1 Å². The fourth-order valence-corrected chi connectivity index (χ4v) is 3.85. The van der Waals surface area contributed by atoms with Gasteiger partial charge in [-0.2, -0.15) is 0 Å². The van der Waals surface area contributed by atoms with Crippen LogP contribution in [0, 0.1) is 5.92 Å². The molecule has 0 N–H and O–H groups in total. The Hall–Kier alpha value is -1.80. The zero-order chi connectivity index (χ0) is 14.4. The van der Waals surface area contributed by atoms with Crippen LogP contribution < -0.4 is 0 Å². The van der Waals surface area contributed by atoms with Crippen molar-refractivity contribution in [1.82, 2.24) is 0 Å². The van der Waals surface area contributed by atoms with Gasteiger partial charge < -0.3 is 4.74 Å². The number of benzene rings is 2. The van der Waals surface area contributed by atoms with Gasteiger partial charge in [0.2, 0.25) is 0 Å². The van der Waals surface area contributed by atoms with Crippen molar-refractivity contribution in [3.63, 3.8) is 0 Å². The first-order chi connectivity index (χ1) is 10.2. The lowest BCUT2D eigenvalue weighted by molar-refractivity contribution is -0.142. The summed E-state index contributed by atoms with van der Waals surface area (Å²) in [4.78, 5) is 12.4. The largest absolute Gasteiger partial charge is 0.457 e. The Kier molecular flexibility index (Phi) is 3.00. The highest BCUT2D eigenvalue weighted by molar-refractivity contribution is 6.30. The van der Waals surface area contributed by atoms with E-state index in [-0.39, 0.29) is 23.9 Å². The lowest BCUT2D eigenvalue weighted by Crippen LogP contribution is -2.21. The van der Waals surface area contributed by atoms with Crippen molar-refractivity contribution in [2.45, 2.75) is 24.9 Å². The molecule has 2 aromatic rings. The summed E-state index contributed by atoms with van der Waals surface area (Å²) in [5.74, 6) is -0.0433. The molecule has 1 saturated heterocycles. The molecule has 0 aromatic heterocycles. The highest BCUT2D eigenvalue weighted by Gasteiger charge is 2.48. The maximum atomic E-state index is 12.4. The van der Waals surface area contributed by atoms with E-state index < -0.39 is 0 Å². The van der Waals surface area contributed by atoms with E-state index >= 15 is 0 Å². The van der Waals surface area contributed by atoms with Crippen molar-refractivity contribution < 1.29 is 9.53 Å². The summed E-state index contributed by atoms with van der Waals surface area (Å²) in [7, 11) is 0. The molecule has 0 saturated carbocycles. The van der Waals surface area contributed by atoms with Gasteiger partial charge in [0.25, 0.3) is 0 Å². The zero-order valence-corrected chi connectivity index (χ0v) is 12.2. The highest BCUT2D eigenvalue weighted by Crippen LogP contribution is 2.50. The molecule has 2 aliphatic rings. The van der Waals surface area contributed by atoms with E-state index in [1.807, 2.05) is 42.5 Å². The molecule has 4 rings (SSSR count). The Bertz CT molecular complexity index is 696. The third kappa shape index (κ3) is 2.06. The topological polar surface area (TPSA) is 26.3 Å². The van der Waals surface area contributed by atoms with Gasteiger partial charge in [0.05, 0.1) is 5.92 Å². The summed E-state index contributed by atoms with van der Waals surface area (Å²) >= 11 is 6.12. The molecule has 3 heteroatoms. The average Bonchev–Trinajstić information content (AvgIpc) is 2.84. The zero-order valence-electron chi connectivity index (χ0n) is 11.5. The smallest absolute Gasteiger partial charge is 0.314 e. The molecule has 21 heavy (non-hydrogen) atoms. The molecular formula is C18H15ClO2. The summed E-state index contributed by atoms with van der Waals surface area (Å²) in [6.45, 7) is 0. The molecule has 0 bridgehead atoms. The standard InChI is InChI=1S/C18H15ClO2/c19-13-8-6-11-7-9-14-16(12-4-2-1-3-5-12)18(20)21-17(14)15(11)10-13/h1-6,8,10,14,16-17H,7,9H2/t14-,16-,17+/m0/s1. The number of carbonyl (C=O) groups is 1. The number of rotatable bonds is 1. The molecule has 0 spiro atoms. The van der Waals surface area contributed by atoms with Gasteiger partial charge in [-0.05, 0) is 41.7 Å². The number of ether oxygens (including phenoxy) is 1. The summed E-state index contributed by atoms with van der Waals surface area (Å²) in [5.41, 5.74) is 3.40. The molecular weight excluding hydrogens is 284 g/mol. The van der Waals surface area contributed by atoms with Crippen LogP contribution in [-0.4, -0.2) is 5.97 Å². The van der Waals surface area contributed by atoms with Crippen molar-refractivity contribution in [3.05, 3.63) is 70.2 Å². The molecule has 1 aliphatic carbocycles. The van der Waals surface area contributed by atoms with Gasteiger partial charge in [-0.1, -0.05) is 48.0 Å². The van der Waals surface area contributed by atoms with Crippen molar-refractivity contribution in [1.29, 1.82) is 0 Å². The molecule has 106 valence electrons. The second-order valence-electron chi connectivity index (χ2n) is 5.79. The Morgan fingerprint density at radius 3 is 2.71 bits per heavy atom. The number of esters is 1. The van der Waals surface area contributed by atoms with E-state index in [9.17, 15) is 4.79 Å². The molecule has 2 nitrogen and oxygen atoms in total. The Labute approximate surface area is 128 Å². The van der Waals surface area contributed by atoms with Crippen molar-refractivity contribution >= 4 is 17.6 Å². The molecule has 1 aliphatic heterocycles. The number of hydrogen-bond acceptors (Lipinski definition) is 2. The van der Waals surface area contributed by atoms with Crippen LogP contribution in [0.3, 0.4) is 0 Å². The van der Waals surface area contributed by atoms with Crippen molar-refractivity contribution in [2.24, 2.45) is 5.92 Å². The van der Waals surface area contributed by atoms with E-state index in [0.29, 0.717) is 5.02 Å². The minimum Gasteiger partial charge on any atom is -0.457 e. The summed E-state index contributed by atoms with van der Waals surface area (Å²) in [6, 6.07) is 15.9. The molecule has 1 heterocycles. The van der Waals surface area contributed by atoms with Crippen LogP contribution in [0.4, 0.5) is 0 Å². The van der Waals surface area contributed by atoms with E-state index in [1.165, 1.54) is 5.56 Å². The SMILES string of the molecule is O=C1O[C@H]2c3cc(Cl)ccc3CC[C@H]2[C@@H]1c1ccccc1. The van der Waals surface area contributed by atoms with Crippen molar-refractivity contribution in [2.75, 3.05) is 0 Å². The Balaban J connectivity index is 1.76. The van der Waals surface area contributed by atoms with Gasteiger partial charge in [-0.3, -0.25) is 4.79 Å². The number of carbonyl (C=O) groups excluding carboxylic acids is 1. The van der Waals surface area contributed by atoms with Crippen LogP contribution in [0.2, 0.25) is 5.02 Å². The molecule has 0 amide bonds. The minimum atomic E-state index is -0.150. The number of fused-ring (bicyclic) bond motifs is 3. The van der Waals surface area contributed by atoms with Crippen LogP contribution in [-0.2, 0) is 16.0 Å². The van der Waals surface area contributed by atoms with Crippen LogP contribution in [0.25, 0.3) is 0 Å². The number of aryl methyl sites for hydroxylation is 1. The fraction of sp³-hybridized carbons (Fsp3) is 0.278. The van der Waals surface area contributed by atoms with Crippen molar-refractivity contribution in [3.8, 4) is 0 Å². The Morgan fingerprint density at radius 2 is 1.90 bits per heavy atom. The lowest BCUT2D eigenvalue weighted by Gasteiger charge is -2.28. The normalized spacial score (nSPS) is 26.9. The molecule has 3 atom stereocenters. The first-order valence-electron chi connectivity index (χ1n) is 7.28. The third-order valence-corrected chi connectivity index (χ3v) is 4.87. The number of hydrogen-bond donors (Lipinski definition) is 0. The first kappa shape index (κ1) is 12.9. The predicted octanol–water partition coefficient (Wildman–Crippen LogP) is 4.28. The van der Waals surface area contributed by atoms with Crippen LogP contribution in [0.15, 0.2) is 48.5 Å². The van der Waals surface area contributed by atoms with E-state index in [0.717, 1.165) is 24.0 Å². The molecule has 1 fully saturated rings. The summed E-state index contributed by atoms with van der Waals surface area (Å²) in [5, 5.41) is 0.702. The molecule has 0 radical (unpaired) electrons. The summed E-state index contributed by atoms with van der Waals surface area (Å²) < 4.78 is 5.72. The third-order valence-electron chi connectivity index (χ3n) is 4.63.